The van der Waals surface area contributed by atoms with Crippen molar-refractivity contribution in [3.05, 3.63) is 71.4 Å². The van der Waals surface area contributed by atoms with Crippen LogP contribution in [0.5, 0.6) is 0 Å². The Bertz CT molecular complexity index is 837. The van der Waals surface area contributed by atoms with Gasteiger partial charge in [-0.1, -0.05) is 55.8 Å². The van der Waals surface area contributed by atoms with Gasteiger partial charge in [0.2, 0.25) is 0 Å². The van der Waals surface area contributed by atoms with Crippen molar-refractivity contribution in [1.82, 2.24) is 9.88 Å². The molecule has 1 N–H and O–H groups in total. The van der Waals surface area contributed by atoms with Crippen LogP contribution < -0.4 is 5.32 Å². The lowest BCUT2D eigenvalue weighted by Gasteiger charge is -2.08. The zero-order valence-corrected chi connectivity index (χ0v) is 16.7. The van der Waals surface area contributed by atoms with E-state index >= 15 is 0 Å². The average Bonchev–Trinajstić information content (AvgIpc) is 3.03. The van der Waals surface area contributed by atoms with Crippen LogP contribution in [0.4, 0.5) is 0 Å². The summed E-state index contributed by atoms with van der Waals surface area (Å²) in [5, 5.41) is 4.93. The van der Waals surface area contributed by atoms with Crippen molar-refractivity contribution in [2.24, 2.45) is 0 Å². The molecule has 0 aliphatic carbocycles. The van der Waals surface area contributed by atoms with Crippen molar-refractivity contribution in [1.29, 1.82) is 0 Å². The monoisotopic (exact) mass is 364 g/mol. The first-order chi connectivity index (χ1) is 13.3. The third-order valence-corrected chi connectivity index (χ3v) is 5.07. The molecule has 1 aromatic heterocycles. The number of rotatable bonds is 11. The fourth-order valence-corrected chi connectivity index (χ4v) is 3.44. The average molecular weight is 365 g/mol. The van der Waals surface area contributed by atoms with Crippen LogP contribution in [0.15, 0.2) is 54.7 Å². The molecule has 3 aromatic rings. The predicted octanol–water partition coefficient (Wildman–Crippen LogP) is 5.29. The van der Waals surface area contributed by atoms with Gasteiger partial charge in [0.15, 0.2) is 0 Å². The Balaban J connectivity index is 1.60. The summed E-state index contributed by atoms with van der Waals surface area (Å²) in [4.78, 5) is 0. The number of hydrogen-bond acceptors (Lipinski definition) is 2. The molecule has 3 nitrogen and oxygen atoms in total. The van der Waals surface area contributed by atoms with E-state index in [2.05, 4.69) is 78.5 Å². The van der Waals surface area contributed by atoms with E-state index in [1.54, 1.807) is 0 Å². The Morgan fingerprint density at radius 1 is 0.926 bits per heavy atom. The van der Waals surface area contributed by atoms with Crippen LogP contribution in [0.2, 0.25) is 0 Å². The molecule has 0 amide bonds. The van der Waals surface area contributed by atoms with Gasteiger partial charge in [0.05, 0.1) is 0 Å². The normalized spacial score (nSPS) is 11.3. The molecule has 0 saturated carbocycles. The third kappa shape index (κ3) is 5.44. The molecule has 0 spiro atoms. The zero-order chi connectivity index (χ0) is 18.9. The Kier molecular flexibility index (Phi) is 7.49. The summed E-state index contributed by atoms with van der Waals surface area (Å²) in [6, 6.07) is 17.3. The first kappa shape index (κ1) is 19.7. The van der Waals surface area contributed by atoms with Crippen LogP contribution in [0.3, 0.4) is 0 Å². The molecule has 0 atom stereocenters. The van der Waals surface area contributed by atoms with Crippen molar-refractivity contribution < 1.29 is 4.74 Å². The lowest BCUT2D eigenvalue weighted by Crippen LogP contribution is -2.16. The SMILES string of the molecule is CCCCOCCCNCc1cn(Cc2ccccc2C)c2ccccc12. The van der Waals surface area contributed by atoms with Crippen molar-refractivity contribution >= 4 is 10.9 Å². The quantitative estimate of drug-likeness (QED) is 0.468. The molecule has 0 bridgehead atoms. The minimum Gasteiger partial charge on any atom is -0.381 e. The van der Waals surface area contributed by atoms with Crippen LogP contribution in [0.1, 0.15) is 42.9 Å². The van der Waals surface area contributed by atoms with Gasteiger partial charge in [-0.3, -0.25) is 0 Å². The number of hydrogen-bond donors (Lipinski definition) is 1. The summed E-state index contributed by atoms with van der Waals surface area (Å²) in [7, 11) is 0. The van der Waals surface area contributed by atoms with Gasteiger partial charge in [0.1, 0.15) is 0 Å². The second kappa shape index (κ2) is 10.3. The van der Waals surface area contributed by atoms with E-state index < -0.39 is 0 Å². The van der Waals surface area contributed by atoms with Gasteiger partial charge in [-0.25, -0.2) is 0 Å². The highest BCUT2D eigenvalue weighted by Gasteiger charge is 2.09. The van der Waals surface area contributed by atoms with Gasteiger partial charge < -0.3 is 14.6 Å². The number of nitrogens with one attached hydrogen (secondary N) is 1. The second-order valence-corrected chi connectivity index (χ2v) is 7.22. The largest absolute Gasteiger partial charge is 0.381 e. The first-order valence-corrected chi connectivity index (χ1v) is 10.2. The second-order valence-electron chi connectivity index (χ2n) is 7.22. The molecule has 2 aromatic carbocycles. The topological polar surface area (TPSA) is 26.2 Å². The van der Waals surface area contributed by atoms with Gasteiger partial charge in [0.25, 0.3) is 0 Å². The number of aryl methyl sites for hydroxylation is 1. The fourth-order valence-electron chi connectivity index (χ4n) is 3.44. The van der Waals surface area contributed by atoms with E-state index in [1.807, 2.05) is 0 Å². The lowest BCUT2D eigenvalue weighted by molar-refractivity contribution is 0.129. The van der Waals surface area contributed by atoms with Crippen molar-refractivity contribution in [3.8, 4) is 0 Å². The maximum atomic E-state index is 5.63. The Hall–Kier alpha value is -2.10. The molecule has 0 radical (unpaired) electrons. The Morgan fingerprint density at radius 2 is 1.70 bits per heavy atom. The van der Waals surface area contributed by atoms with Crippen LogP contribution in [-0.2, 0) is 17.8 Å². The minimum atomic E-state index is 0.849. The van der Waals surface area contributed by atoms with Crippen LogP contribution in [-0.4, -0.2) is 24.3 Å². The molecular formula is C24H32N2O. The predicted molar refractivity (Wildman–Crippen MR) is 114 cm³/mol. The van der Waals surface area contributed by atoms with Gasteiger partial charge in [-0.15, -0.1) is 0 Å². The van der Waals surface area contributed by atoms with E-state index in [1.165, 1.54) is 34.0 Å². The Morgan fingerprint density at radius 3 is 2.56 bits per heavy atom. The molecule has 0 saturated heterocycles. The number of benzene rings is 2. The smallest absolute Gasteiger partial charge is 0.0486 e. The van der Waals surface area contributed by atoms with E-state index in [-0.39, 0.29) is 0 Å². The van der Waals surface area contributed by atoms with Crippen molar-refractivity contribution in [2.75, 3.05) is 19.8 Å². The van der Waals surface area contributed by atoms with Crippen molar-refractivity contribution in [3.63, 3.8) is 0 Å². The number of para-hydroxylation sites is 1. The standard InChI is InChI=1S/C24H32N2O/c1-3-4-15-27-16-9-14-25-17-22-19-26(24-13-8-7-12-23(22)24)18-21-11-6-5-10-20(21)2/h5-8,10-13,19,25H,3-4,9,14-18H2,1-2H3. The number of unbranched alkanes of at least 4 members (excludes halogenated alkanes) is 1. The number of ether oxygens (including phenoxy) is 1. The number of aromatic nitrogens is 1. The van der Waals surface area contributed by atoms with Gasteiger partial charge >= 0.3 is 0 Å². The number of nitrogens with zero attached hydrogens (tertiary/aromatic N) is 1. The summed E-state index contributed by atoms with van der Waals surface area (Å²) >= 11 is 0. The molecule has 27 heavy (non-hydrogen) atoms. The Labute approximate surface area is 163 Å². The maximum absolute atomic E-state index is 5.63. The van der Waals surface area contributed by atoms with Crippen LogP contribution >= 0.6 is 0 Å². The lowest BCUT2D eigenvalue weighted by atomic mass is 10.1. The van der Waals surface area contributed by atoms with Gasteiger partial charge in [0, 0.05) is 43.4 Å². The zero-order valence-electron chi connectivity index (χ0n) is 16.7. The van der Waals surface area contributed by atoms with Crippen LogP contribution in [0, 0.1) is 6.92 Å². The maximum Gasteiger partial charge on any atom is 0.0486 e. The molecule has 1 heterocycles. The van der Waals surface area contributed by atoms with E-state index in [0.717, 1.165) is 45.7 Å². The minimum absolute atomic E-state index is 0.849. The van der Waals surface area contributed by atoms with E-state index in [4.69, 9.17) is 4.74 Å². The fraction of sp³-hybridized carbons (Fsp3) is 0.417. The van der Waals surface area contributed by atoms with Crippen molar-refractivity contribution in [2.45, 2.75) is 46.2 Å². The summed E-state index contributed by atoms with van der Waals surface area (Å²) < 4.78 is 8.01. The highest BCUT2D eigenvalue weighted by Crippen LogP contribution is 2.23. The molecule has 0 fully saturated rings. The molecule has 0 unspecified atom stereocenters. The van der Waals surface area contributed by atoms with E-state index in [9.17, 15) is 0 Å². The summed E-state index contributed by atoms with van der Waals surface area (Å²) in [6.45, 7) is 8.93. The third-order valence-electron chi connectivity index (χ3n) is 5.07. The summed E-state index contributed by atoms with van der Waals surface area (Å²) in [5.74, 6) is 0. The molecule has 144 valence electrons. The highest BCUT2D eigenvalue weighted by molar-refractivity contribution is 5.84. The van der Waals surface area contributed by atoms with Gasteiger partial charge in [-0.2, -0.15) is 0 Å². The van der Waals surface area contributed by atoms with Crippen LogP contribution in [0.25, 0.3) is 10.9 Å². The molecular weight excluding hydrogens is 332 g/mol. The first-order valence-electron chi connectivity index (χ1n) is 10.2. The van der Waals surface area contributed by atoms with Gasteiger partial charge in [-0.05, 0) is 49.1 Å². The molecule has 3 heteroatoms. The molecule has 0 aliphatic heterocycles. The molecule has 0 aliphatic rings. The summed E-state index contributed by atoms with van der Waals surface area (Å²) in [5.41, 5.74) is 5.39. The highest BCUT2D eigenvalue weighted by atomic mass is 16.5. The summed E-state index contributed by atoms with van der Waals surface area (Å²) in [6.07, 6.45) is 5.73. The van der Waals surface area contributed by atoms with E-state index in [0.29, 0.717) is 0 Å². The molecule has 3 rings (SSSR count). The number of fused-ring (bicyclic) bond motifs is 1.